The molecule has 3 rings (SSSR count). The highest BCUT2D eigenvalue weighted by Gasteiger charge is 2.20. The number of carbonyl (C=O) groups is 2. The lowest BCUT2D eigenvalue weighted by Gasteiger charge is -2.12. The van der Waals surface area contributed by atoms with E-state index in [1.165, 1.54) is 11.8 Å². The summed E-state index contributed by atoms with van der Waals surface area (Å²) in [6.45, 7) is 3.83. The van der Waals surface area contributed by atoms with Gasteiger partial charge in [-0.25, -0.2) is 0 Å². The number of anilines is 1. The summed E-state index contributed by atoms with van der Waals surface area (Å²) in [6.07, 6.45) is 0. The van der Waals surface area contributed by atoms with Crippen LogP contribution in [0.15, 0.2) is 53.7 Å². The highest BCUT2D eigenvalue weighted by molar-refractivity contribution is 8.00. The molecule has 7 nitrogen and oxygen atoms in total. The van der Waals surface area contributed by atoms with Gasteiger partial charge in [0.15, 0.2) is 11.0 Å². The first kappa shape index (κ1) is 19.6. The van der Waals surface area contributed by atoms with Gasteiger partial charge in [0.25, 0.3) is 0 Å². The normalized spacial score (nSPS) is 11.8. The highest BCUT2D eigenvalue weighted by atomic mass is 32.2. The third-order valence-electron chi connectivity index (χ3n) is 4.31. The Hall–Kier alpha value is -3.13. The van der Waals surface area contributed by atoms with E-state index in [4.69, 9.17) is 5.73 Å². The molecule has 8 heteroatoms. The van der Waals surface area contributed by atoms with Crippen LogP contribution in [0.1, 0.15) is 22.8 Å². The Balaban J connectivity index is 1.69. The summed E-state index contributed by atoms with van der Waals surface area (Å²) in [5, 5.41) is 11.6. The molecule has 144 valence electrons. The summed E-state index contributed by atoms with van der Waals surface area (Å²) in [5.74, 6) is 0.0843. The molecular weight excluding hydrogens is 374 g/mol. The SMILES string of the molecule is Cc1ccccc1-c1nnc(S[C@H](C)C(=O)Nc2ccc(C(N)=O)cc2)n1C. The lowest BCUT2D eigenvalue weighted by atomic mass is 10.1. The molecule has 0 spiro atoms. The van der Waals surface area contributed by atoms with Crippen molar-refractivity contribution in [2.45, 2.75) is 24.3 Å². The number of rotatable bonds is 6. The van der Waals surface area contributed by atoms with Crippen molar-refractivity contribution < 1.29 is 9.59 Å². The lowest BCUT2D eigenvalue weighted by molar-refractivity contribution is -0.115. The van der Waals surface area contributed by atoms with Crippen LogP contribution in [0.2, 0.25) is 0 Å². The highest BCUT2D eigenvalue weighted by Crippen LogP contribution is 2.27. The molecule has 1 heterocycles. The van der Waals surface area contributed by atoms with Gasteiger partial charge in [0.1, 0.15) is 0 Å². The van der Waals surface area contributed by atoms with Crippen molar-refractivity contribution in [1.82, 2.24) is 14.8 Å². The zero-order valence-electron chi connectivity index (χ0n) is 15.8. The van der Waals surface area contributed by atoms with Crippen LogP contribution in [-0.2, 0) is 11.8 Å². The molecule has 1 atom stereocenters. The van der Waals surface area contributed by atoms with E-state index in [1.54, 1.807) is 31.2 Å². The van der Waals surface area contributed by atoms with Gasteiger partial charge in [-0.05, 0) is 43.7 Å². The van der Waals surface area contributed by atoms with Gasteiger partial charge in [0.2, 0.25) is 11.8 Å². The molecule has 1 aromatic heterocycles. The van der Waals surface area contributed by atoms with Gasteiger partial charge in [-0.3, -0.25) is 9.59 Å². The zero-order valence-corrected chi connectivity index (χ0v) is 16.7. The van der Waals surface area contributed by atoms with Crippen LogP contribution >= 0.6 is 11.8 Å². The molecule has 0 radical (unpaired) electrons. The quantitative estimate of drug-likeness (QED) is 0.625. The fourth-order valence-corrected chi connectivity index (χ4v) is 3.46. The van der Waals surface area contributed by atoms with Crippen molar-refractivity contribution in [3.05, 3.63) is 59.7 Å². The predicted molar refractivity (Wildman–Crippen MR) is 110 cm³/mol. The van der Waals surface area contributed by atoms with Crippen molar-refractivity contribution in [2.75, 3.05) is 5.32 Å². The summed E-state index contributed by atoms with van der Waals surface area (Å²) in [7, 11) is 1.89. The molecule has 2 aromatic carbocycles. The number of hydrogen-bond acceptors (Lipinski definition) is 5. The Kier molecular flexibility index (Phi) is 5.79. The van der Waals surface area contributed by atoms with Crippen LogP contribution < -0.4 is 11.1 Å². The minimum atomic E-state index is -0.506. The molecule has 0 unspecified atom stereocenters. The second kappa shape index (κ2) is 8.26. The Morgan fingerprint density at radius 3 is 2.43 bits per heavy atom. The minimum absolute atomic E-state index is 0.169. The van der Waals surface area contributed by atoms with E-state index < -0.39 is 5.91 Å². The third kappa shape index (κ3) is 4.23. The smallest absolute Gasteiger partial charge is 0.248 e. The first-order valence-corrected chi connectivity index (χ1v) is 9.57. The molecule has 2 amide bonds. The van der Waals surface area contributed by atoms with Gasteiger partial charge in [0.05, 0.1) is 5.25 Å². The number of nitrogens with two attached hydrogens (primary N) is 1. The van der Waals surface area contributed by atoms with E-state index in [0.29, 0.717) is 16.4 Å². The number of aromatic nitrogens is 3. The van der Waals surface area contributed by atoms with E-state index in [0.717, 1.165) is 17.0 Å². The number of amides is 2. The van der Waals surface area contributed by atoms with Crippen molar-refractivity contribution in [3.8, 4) is 11.4 Å². The molecule has 3 N–H and O–H groups in total. The second-order valence-electron chi connectivity index (χ2n) is 6.37. The van der Waals surface area contributed by atoms with Crippen molar-refractivity contribution >= 4 is 29.3 Å². The fourth-order valence-electron chi connectivity index (χ4n) is 2.65. The number of primary amides is 1. The van der Waals surface area contributed by atoms with E-state index >= 15 is 0 Å². The number of carbonyl (C=O) groups excluding carboxylic acids is 2. The molecule has 0 fully saturated rings. The number of benzene rings is 2. The standard InChI is InChI=1S/C20H21N5O2S/c1-12-6-4-5-7-16(12)18-23-24-20(25(18)3)28-13(2)19(27)22-15-10-8-14(9-11-15)17(21)26/h4-11,13H,1-3H3,(H2,21,26)(H,22,27)/t13-/m1/s1. The summed E-state index contributed by atoms with van der Waals surface area (Å²) >= 11 is 1.33. The molecule has 0 aliphatic rings. The monoisotopic (exact) mass is 395 g/mol. The molecule has 0 aliphatic carbocycles. The topological polar surface area (TPSA) is 103 Å². The Morgan fingerprint density at radius 1 is 1.11 bits per heavy atom. The average molecular weight is 395 g/mol. The molecule has 0 aliphatic heterocycles. The van der Waals surface area contributed by atoms with E-state index in [9.17, 15) is 9.59 Å². The molecule has 3 aromatic rings. The van der Waals surface area contributed by atoms with Gasteiger partial charge in [-0.1, -0.05) is 36.0 Å². The number of thioether (sulfide) groups is 1. The molecule has 0 bridgehead atoms. The zero-order chi connectivity index (χ0) is 20.3. The van der Waals surface area contributed by atoms with Gasteiger partial charge >= 0.3 is 0 Å². The van der Waals surface area contributed by atoms with Gasteiger partial charge in [-0.15, -0.1) is 10.2 Å². The van der Waals surface area contributed by atoms with Gasteiger partial charge in [-0.2, -0.15) is 0 Å². The average Bonchev–Trinajstić information content (AvgIpc) is 3.03. The Morgan fingerprint density at radius 2 is 1.79 bits per heavy atom. The first-order valence-electron chi connectivity index (χ1n) is 8.69. The summed E-state index contributed by atoms with van der Waals surface area (Å²) in [4.78, 5) is 23.6. The van der Waals surface area contributed by atoms with E-state index in [2.05, 4.69) is 15.5 Å². The third-order valence-corrected chi connectivity index (χ3v) is 5.44. The lowest BCUT2D eigenvalue weighted by Crippen LogP contribution is -2.23. The predicted octanol–water partition coefficient (Wildman–Crippen LogP) is 3.01. The van der Waals surface area contributed by atoms with Crippen molar-refractivity contribution in [3.63, 3.8) is 0 Å². The summed E-state index contributed by atoms with van der Waals surface area (Å²) < 4.78 is 1.89. The number of hydrogen-bond donors (Lipinski definition) is 2. The summed E-state index contributed by atoms with van der Waals surface area (Å²) in [6, 6.07) is 14.4. The maximum Gasteiger partial charge on any atom is 0.248 e. The Bertz CT molecular complexity index is 1010. The largest absolute Gasteiger partial charge is 0.366 e. The molecule has 0 saturated carbocycles. The molecular formula is C20H21N5O2S. The van der Waals surface area contributed by atoms with Crippen LogP contribution in [0.5, 0.6) is 0 Å². The van der Waals surface area contributed by atoms with Gasteiger partial charge < -0.3 is 15.6 Å². The van der Waals surface area contributed by atoms with E-state index in [-0.39, 0.29) is 11.2 Å². The Labute approximate surface area is 167 Å². The van der Waals surface area contributed by atoms with Gasteiger partial charge in [0, 0.05) is 23.9 Å². The molecule has 0 saturated heterocycles. The number of nitrogens with zero attached hydrogens (tertiary/aromatic N) is 3. The van der Waals surface area contributed by atoms with Crippen LogP contribution in [0.4, 0.5) is 5.69 Å². The van der Waals surface area contributed by atoms with Crippen LogP contribution in [0, 0.1) is 6.92 Å². The fraction of sp³-hybridized carbons (Fsp3) is 0.200. The maximum atomic E-state index is 12.5. The maximum absolute atomic E-state index is 12.5. The van der Waals surface area contributed by atoms with Crippen molar-refractivity contribution in [2.24, 2.45) is 12.8 Å². The molecule has 28 heavy (non-hydrogen) atoms. The van der Waals surface area contributed by atoms with Crippen LogP contribution in [0.25, 0.3) is 11.4 Å². The summed E-state index contributed by atoms with van der Waals surface area (Å²) in [5.41, 5.74) is 8.33. The first-order chi connectivity index (χ1) is 13.4. The van der Waals surface area contributed by atoms with Crippen molar-refractivity contribution in [1.29, 1.82) is 0 Å². The van der Waals surface area contributed by atoms with Crippen LogP contribution in [-0.4, -0.2) is 31.8 Å². The number of aryl methyl sites for hydroxylation is 1. The van der Waals surface area contributed by atoms with E-state index in [1.807, 2.05) is 42.8 Å². The minimum Gasteiger partial charge on any atom is -0.366 e. The second-order valence-corrected chi connectivity index (χ2v) is 7.68. The number of nitrogens with one attached hydrogen (secondary N) is 1. The van der Waals surface area contributed by atoms with Crippen LogP contribution in [0.3, 0.4) is 0 Å².